The number of esters is 1. The zero-order valence-electron chi connectivity index (χ0n) is 10.3. The van der Waals surface area contributed by atoms with Crippen LogP contribution in [0.15, 0.2) is 18.2 Å². The van der Waals surface area contributed by atoms with E-state index in [2.05, 4.69) is 20.8 Å². The van der Waals surface area contributed by atoms with E-state index in [0.717, 1.165) is 5.56 Å². The van der Waals surface area contributed by atoms with E-state index in [1.165, 1.54) is 11.8 Å². The van der Waals surface area contributed by atoms with Gasteiger partial charge >= 0.3 is 5.97 Å². The number of carbonyl (C=O) groups is 1. The molecule has 0 aliphatic heterocycles. The van der Waals surface area contributed by atoms with E-state index in [-0.39, 0.29) is 0 Å². The molecule has 0 aliphatic carbocycles. The molecule has 1 heterocycles. The number of benzene rings is 1. The van der Waals surface area contributed by atoms with Crippen LogP contribution < -0.4 is 5.32 Å². The molecular formula is C11H13N5O2. The minimum atomic E-state index is -0.406. The van der Waals surface area contributed by atoms with Gasteiger partial charge in [-0.05, 0) is 29.5 Å². The minimum absolute atomic E-state index is 0.406. The van der Waals surface area contributed by atoms with Crippen molar-refractivity contribution in [3.8, 4) is 0 Å². The predicted molar refractivity (Wildman–Crippen MR) is 64.6 cm³/mol. The van der Waals surface area contributed by atoms with Gasteiger partial charge in [-0.3, -0.25) is 0 Å². The quantitative estimate of drug-likeness (QED) is 0.816. The molecule has 2 aromatic rings. The van der Waals surface area contributed by atoms with Gasteiger partial charge in [-0.25, -0.2) is 9.48 Å². The molecule has 7 nitrogen and oxygen atoms in total. The Hall–Kier alpha value is -2.44. The number of tetrazole rings is 1. The summed E-state index contributed by atoms with van der Waals surface area (Å²) < 4.78 is 6.22. The van der Waals surface area contributed by atoms with Crippen LogP contribution in [0, 0.1) is 6.92 Å². The Balaban J connectivity index is 2.38. The molecule has 1 N–H and O–H groups in total. The molecule has 0 saturated carbocycles. The molecule has 94 valence electrons. The lowest BCUT2D eigenvalue weighted by molar-refractivity contribution is 0.0602. The summed E-state index contributed by atoms with van der Waals surface area (Å²) in [6.07, 6.45) is 0. The Morgan fingerprint density at radius 2 is 2.22 bits per heavy atom. The van der Waals surface area contributed by atoms with Crippen LogP contribution in [-0.4, -0.2) is 33.3 Å². The zero-order valence-corrected chi connectivity index (χ0v) is 10.3. The third kappa shape index (κ3) is 2.29. The third-order valence-electron chi connectivity index (χ3n) is 2.45. The third-order valence-corrected chi connectivity index (χ3v) is 2.45. The number of methoxy groups -OCH3 is 1. The first kappa shape index (κ1) is 12.0. The van der Waals surface area contributed by atoms with E-state index in [1.54, 1.807) is 19.2 Å². The highest BCUT2D eigenvalue weighted by Crippen LogP contribution is 2.21. The maximum absolute atomic E-state index is 11.7. The van der Waals surface area contributed by atoms with Crippen molar-refractivity contribution in [2.24, 2.45) is 7.05 Å². The average Bonchev–Trinajstić information content (AvgIpc) is 2.76. The van der Waals surface area contributed by atoms with E-state index < -0.39 is 5.97 Å². The number of rotatable bonds is 3. The molecule has 0 spiro atoms. The number of aryl methyl sites for hydroxylation is 2. The monoisotopic (exact) mass is 247 g/mol. The fourth-order valence-electron chi connectivity index (χ4n) is 1.50. The summed E-state index contributed by atoms with van der Waals surface area (Å²) in [6.45, 7) is 1.90. The number of nitrogens with one attached hydrogen (secondary N) is 1. The Kier molecular flexibility index (Phi) is 3.22. The lowest BCUT2D eigenvalue weighted by Crippen LogP contribution is -2.08. The molecule has 0 fully saturated rings. The van der Waals surface area contributed by atoms with Gasteiger partial charge in [0.05, 0.1) is 18.4 Å². The van der Waals surface area contributed by atoms with Crippen LogP contribution in [0.3, 0.4) is 0 Å². The van der Waals surface area contributed by atoms with Gasteiger partial charge in [0.15, 0.2) is 0 Å². The van der Waals surface area contributed by atoms with Gasteiger partial charge in [0.2, 0.25) is 5.95 Å². The van der Waals surface area contributed by atoms with Crippen LogP contribution in [0.2, 0.25) is 0 Å². The first-order chi connectivity index (χ1) is 8.61. The highest BCUT2D eigenvalue weighted by molar-refractivity contribution is 5.96. The van der Waals surface area contributed by atoms with Crippen molar-refractivity contribution in [1.82, 2.24) is 20.2 Å². The van der Waals surface area contributed by atoms with Crippen molar-refractivity contribution in [3.63, 3.8) is 0 Å². The average molecular weight is 247 g/mol. The highest BCUT2D eigenvalue weighted by Gasteiger charge is 2.13. The Labute approximate surface area is 104 Å². The summed E-state index contributed by atoms with van der Waals surface area (Å²) in [5.74, 6) is 0.0420. The van der Waals surface area contributed by atoms with Gasteiger partial charge in [0.1, 0.15) is 0 Å². The van der Waals surface area contributed by atoms with Gasteiger partial charge in [0.25, 0.3) is 0 Å². The first-order valence-electron chi connectivity index (χ1n) is 5.30. The summed E-state index contributed by atoms with van der Waals surface area (Å²) in [4.78, 5) is 11.7. The predicted octanol–water partition coefficient (Wildman–Crippen LogP) is 1.05. The zero-order chi connectivity index (χ0) is 13.1. The van der Waals surface area contributed by atoms with E-state index in [9.17, 15) is 4.79 Å². The van der Waals surface area contributed by atoms with Crippen molar-refractivity contribution in [2.45, 2.75) is 6.92 Å². The second-order valence-electron chi connectivity index (χ2n) is 3.79. The normalized spacial score (nSPS) is 10.2. The number of anilines is 2. The lowest BCUT2D eigenvalue weighted by Gasteiger charge is -2.10. The van der Waals surface area contributed by atoms with E-state index >= 15 is 0 Å². The number of ether oxygens (including phenoxy) is 1. The first-order valence-corrected chi connectivity index (χ1v) is 5.30. The Morgan fingerprint density at radius 1 is 1.44 bits per heavy atom. The van der Waals surface area contributed by atoms with Gasteiger partial charge in [-0.15, -0.1) is 0 Å². The van der Waals surface area contributed by atoms with E-state index in [4.69, 9.17) is 4.74 Å². The molecular weight excluding hydrogens is 234 g/mol. The van der Waals surface area contributed by atoms with E-state index in [1.807, 2.05) is 13.0 Å². The molecule has 18 heavy (non-hydrogen) atoms. The highest BCUT2D eigenvalue weighted by atomic mass is 16.5. The molecule has 0 unspecified atom stereocenters. The SMILES string of the molecule is COC(=O)c1cc(C)ccc1Nc1nnnn1C. The van der Waals surface area contributed by atoms with Crippen molar-refractivity contribution in [2.75, 3.05) is 12.4 Å². The standard InChI is InChI=1S/C11H13N5O2/c1-7-4-5-9(8(6-7)10(17)18-3)12-11-13-14-15-16(11)2/h4-6H,1-3H3,(H,12,13,15). The molecule has 1 aromatic carbocycles. The number of aromatic nitrogens is 4. The second kappa shape index (κ2) is 4.82. The molecule has 0 atom stereocenters. The van der Waals surface area contributed by atoms with Crippen LogP contribution in [0.1, 0.15) is 15.9 Å². The number of hydrogen-bond acceptors (Lipinski definition) is 6. The molecule has 0 radical (unpaired) electrons. The van der Waals surface area contributed by atoms with Gasteiger partial charge in [-0.1, -0.05) is 16.7 Å². The Bertz CT molecular complexity index is 579. The van der Waals surface area contributed by atoms with Gasteiger partial charge in [0, 0.05) is 7.05 Å². The molecule has 0 amide bonds. The molecule has 0 bridgehead atoms. The topological polar surface area (TPSA) is 81.9 Å². The summed E-state index contributed by atoms with van der Waals surface area (Å²) in [5, 5.41) is 14.0. The molecule has 1 aromatic heterocycles. The summed E-state index contributed by atoms with van der Waals surface area (Å²) in [7, 11) is 3.05. The van der Waals surface area contributed by atoms with Crippen LogP contribution in [0.4, 0.5) is 11.6 Å². The number of nitrogens with zero attached hydrogens (tertiary/aromatic N) is 4. The van der Waals surface area contributed by atoms with E-state index in [0.29, 0.717) is 17.2 Å². The van der Waals surface area contributed by atoms with Crippen molar-refractivity contribution < 1.29 is 9.53 Å². The second-order valence-corrected chi connectivity index (χ2v) is 3.79. The maximum Gasteiger partial charge on any atom is 0.339 e. The lowest BCUT2D eigenvalue weighted by atomic mass is 10.1. The fourth-order valence-corrected chi connectivity index (χ4v) is 1.50. The summed E-state index contributed by atoms with van der Waals surface area (Å²) >= 11 is 0. The maximum atomic E-state index is 11.7. The summed E-state index contributed by atoms with van der Waals surface area (Å²) in [5.41, 5.74) is 2.02. The largest absolute Gasteiger partial charge is 0.465 e. The minimum Gasteiger partial charge on any atom is -0.465 e. The van der Waals surface area contributed by atoms with Crippen molar-refractivity contribution in [1.29, 1.82) is 0 Å². The van der Waals surface area contributed by atoms with Crippen molar-refractivity contribution >= 4 is 17.6 Å². The summed E-state index contributed by atoms with van der Waals surface area (Å²) in [6, 6.07) is 5.42. The molecule has 7 heteroatoms. The van der Waals surface area contributed by atoms with Crippen LogP contribution >= 0.6 is 0 Å². The molecule has 0 saturated heterocycles. The number of hydrogen-bond donors (Lipinski definition) is 1. The van der Waals surface area contributed by atoms with Crippen molar-refractivity contribution in [3.05, 3.63) is 29.3 Å². The smallest absolute Gasteiger partial charge is 0.339 e. The number of carbonyl (C=O) groups excluding carboxylic acids is 1. The Morgan fingerprint density at radius 3 is 2.83 bits per heavy atom. The van der Waals surface area contributed by atoms with Crippen LogP contribution in [-0.2, 0) is 11.8 Å². The van der Waals surface area contributed by atoms with Gasteiger partial charge < -0.3 is 10.1 Å². The fraction of sp³-hybridized carbons (Fsp3) is 0.273. The van der Waals surface area contributed by atoms with Gasteiger partial charge in [-0.2, -0.15) is 0 Å². The molecule has 2 rings (SSSR count). The molecule has 0 aliphatic rings. The van der Waals surface area contributed by atoms with Crippen LogP contribution in [0.25, 0.3) is 0 Å². The van der Waals surface area contributed by atoms with Crippen LogP contribution in [0.5, 0.6) is 0 Å².